The van der Waals surface area contributed by atoms with Gasteiger partial charge in [-0.3, -0.25) is 0 Å². The Morgan fingerprint density at radius 2 is 2.22 bits per heavy atom. The van der Waals surface area contributed by atoms with Crippen molar-refractivity contribution in [1.29, 1.82) is 0 Å². The van der Waals surface area contributed by atoms with E-state index in [0.717, 1.165) is 24.8 Å². The van der Waals surface area contributed by atoms with Crippen molar-refractivity contribution >= 4 is 11.0 Å². The largest absolute Gasteiger partial charge is 0.504 e. The van der Waals surface area contributed by atoms with E-state index in [1.165, 1.54) is 5.56 Å². The summed E-state index contributed by atoms with van der Waals surface area (Å²) in [7, 11) is 2.18. The van der Waals surface area contributed by atoms with Crippen molar-refractivity contribution in [2.45, 2.75) is 31.7 Å². The second-order valence-electron chi connectivity index (χ2n) is 5.40. The quantitative estimate of drug-likeness (QED) is 0.837. The van der Waals surface area contributed by atoms with Crippen molar-refractivity contribution in [1.82, 2.24) is 4.90 Å². The summed E-state index contributed by atoms with van der Waals surface area (Å²) >= 11 is 0. The van der Waals surface area contributed by atoms with Crippen LogP contribution in [0.5, 0.6) is 5.75 Å². The number of fused-ring (bicyclic) bond motifs is 1. The Kier molecular flexibility index (Phi) is 2.78. The normalized spacial score (nSPS) is 25.7. The molecule has 1 aliphatic rings. The Balaban J connectivity index is 1.98. The van der Waals surface area contributed by atoms with Crippen LogP contribution in [0.25, 0.3) is 11.0 Å². The number of likely N-dealkylation sites (tertiary alicyclic amines) is 1. The molecule has 0 bridgehead atoms. The summed E-state index contributed by atoms with van der Waals surface area (Å²) in [4.78, 5) is 2.40. The summed E-state index contributed by atoms with van der Waals surface area (Å²) in [5.74, 6) is 0.777. The zero-order valence-electron chi connectivity index (χ0n) is 10.9. The van der Waals surface area contributed by atoms with Gasteiger partial charge in [0.1, 0.15) is 0 Å². The minimum atomic E-state index is 0.236. The first-order valence-electron chi connectivity index (χ1n) is 6.56. The summed E-state index contributed by atoms with van der Waals surface area (Å²) in [6.45, 7) is 3.39. The highest BCUT2D eigenvalue weighted by molar-refractivity contribution is 5.86. The summed E-state index contributed by atoms with van der Waals surface area (Å²) in [5, 5.41) is 10.8. The number of furan rings is 1. The van der Waals surface area contributed by atoms with Gasteiger partial charge in [-0.25, -0.2) is 0 Å². The summed E-state index contributed by atoms with van der Waals surface area (Å²) in [6.07, 6.45) is 4.14. The maximum absolute atomic E-state index is 9.77. The van der Waals surface area contributed by atoms with Gasteiger partial charge in [-0.2, -0.15) is 0 Å². The molecule has 0 aliphatic carbocycles. The SMILES string of the molecule is C[C@@H]1C[C@H](c2coc3c(O)cccc23)CCN1C. The third kappa shape index (κ3) is 1.79. The number of phenols is 1. The van der Waals surface area contributed by atoms with Gasteiger partial charge in [0.2, 0.25) is 0 Å². The van der Waals surface area contributed by atoms with Gasteiger partial charge in [0, 0.05) is 17.0 Å². The zero-order valence-corrected chi connectivity index (χ0v) is 10.9. The van der Waals surface area contributed by atoms with Crippen molar-refractivity contribution in [3.05, 3.63) is 30.0 Å². The molecular formula is C15H19NO2. The van der Waals surface area contributed by atoms with Crippen molar-refractivity contribution in [2.75, 3.05) is 13.6 Å². The number of para-hydroxylation sites is 1. The Bertz CT molecular complexity index is 561. The van der Waals surface area contributed by atoms with Crippen LogP contribution in [0.4, 0.5) is 0 Å². The molecule has 96 valence electrons. The molecular weight excluding hydrogens is 226 g/mol. The second-order valence-corrected chi connectivity index (χ2v) is 5.40. The summed E-state index contributed by atoms with van der Waals surface area (Å²) in [5.41, 5.74) is 1.87. The van der Waals surface area contributed by atoms with Crippen LogP contribution in [0.1, 0.15) is 31.2 Å². The van der Waals surface area contributed by atoms with Crippen LogP contribution in [0.3, 0.4) is 0 Å². The minimum absolute atomic E-state index is 0.236. The topological polar surface area (TPSA) is 36.6 Å². The van der Waals surface area contributed by atoms with E-state index >= 15 is 0 Å². The van der Waals surface area contributed by atoms with Crippen LogP contribution >= 0.6 is 0 Å². The van der Waals surface area contributed by atoms with Crippen LogP contribution in [0.15, 0.2) is 28.9 Å². The molecule has 1 fully saturated rings. The van der Waals surface area contributed by atoms with Crippen LogP contribution in [0, 0.1) is 0 Å². The summed E-state index contributed by atoms with van der Waals surface area (Å²) < 4.78 is 5.53. The fourth-order valence-electron chi connectivity index (χ4n) is 2.95. The Morgan fingerprint density at radius 1 is 1.39 bits per heavy atom. The lowest BCUT2D eigenvalue weighted by atomic mass is 9.86. The number of aromatic hydroxyl groups is 1. The van der Waals surface area contributed by atoms with E-state index in [2.05, 4.69) is 18.9 Å². The fraction of sp³-hybridized carbons (Fsp3) is 0.467. The standard InChI is InChI=1S/C15H19NO2/c1-10-8-11(6-7-16(10)2)13-9-18-15-12(13)4-3-5-14(15)17/h3-5,9-11,17H,6-8H2,1-2H3/t10-,11-/m1/s1. The molecule has 1 aromatic carbocycles. The van der Waals surface area contributed by atoms with Crippen molar-refractivity contribution in [3.63, 3.8) is 0 Å². The maximum Gasteiger partial charge on any atom is 0.175 e. The molecule has 0 radical (unpaired) electrons. The predicted molar refractivity (Wildman–Crippen MR) is 71.9 cm³/mol. The Labute approximate surface area is 107 Å². The van der Waals surface area contributed by atoms with Gasteiger partial charge in [-0.1, -0.05) is 12.1 Å². The summed E-state index contributed by atoms with van der Waals surface area (Å²) in [6, 6.07) is 6.20. The minimum Gasteiger partial charge on any atom is -0.504 e. The molecule has 0 amide bonds. The monoisotopic (exact) mass is 245 g/mol. The van der Waals surface area contributed by atoms with Crippen molar-refractivity contribution in [2.24, 2.45) is 0 Å². The molecule has 1 aliphatic heterocycles. The molecule has 0 saturated carbocycles. The zero-order chi connectivity index (χ0) is 12.7. The van der Waals surface area contributed by atoms with Crippen LogP contribution < -0.4 is 0 Å². The van der Waals surface area contributed by atoms with E-state index in [4.69, 9.17) is 4.42 Å². The lowest BCUT2D eigenvalue weighted by molar-refractivity contribution is 0.183. The molecule has 3 heteroatoms. The van der Waals surface area contributed by atoms with Crippen molar-refractivity contribution in [3.8, 4) is 5.75 Å². The molecule has 3 nitrogen and oxygen atoms in total. The molecule has 2 aromatic rings. The second kappa shape index (κ2) is 4.32. The molecule has 1 N–H and O–H groups in total. The van der Waals surface area contributed by atoms with Gasteiger partial charge in [0.05, 0.1) is 6.26 Å². The fourth-order valence-corrected chi connectivity index (χ4v) is 2.95. The number of rotatable bonds is 1. The van der Waals surface area contributed by atoms with Crippen LogP contribution in [-0.2, 0) is 0 Å². The molecule has 0 unspecified atom stereocenters. The van der Waals surface area contributed by atoms with Gasteiger partial charge >= 0.3 is 0 Å². The van der Waals surface area contributed by atoms with Crippen molar-refractivity contribution < 1.29 is 9.52 Å². The number of piperidine rings is 1. The first kappa shape index (κ1) is 11.6. The van der Waals surface area contributed by atoms with Gasteiger partial charge < -0.3 is 14.4 Å². The number of phenolic OH excluding ortho intramolecular Hbond substituents is 1. The number of benzene rings is 1. The van der Waals surface area contributed by atoms with E-state index in [1.807, 2.05) is 18.4 Å². The molecule has 18 heavy (non-hydrogen) atoms. The molecule has 3 rings (SSSR count). The van der Waals surface area contributed by atoms with E-state index in [1.54, 1.807) is 6.07 Å². The molecule has 2 heterocycles. The van der Waals surface area contributed by atoms with E-state index in [0.29, 0.717) is 17.5 Å². The third-order valence-corrected chi connectivity index (χ3v) is 4.26. The number of nitrogens with zero attached hydrogens (tertiary/aromatic N) is 1. The smallest absolute Gasteiger partial charge is 0.175 e. The first-order valence-corrected chi connectivity index (χ1v) is 6.56. The molecule has 1 saturated heterocycles. The van der Waals surface area contributed by atoms with Gasteiger partial charge in [0.15, 0.2) is 11.3 Å². The molecule has 0 spiro atoms. The lowest BCUT2D eigenvalue weighted by Crippen LogP contribution is -2.36. The van der Waals surface area contributed by atoms with Gasteiger partial charge in [-0.15, -0.1) is 0 Å². The molecule has 2 atom stereocenters. The lowest BCUT2D eigenvalue weighted by Gasteiger charge is -2.34. The first-order chi connectivity index (χ1) is 8.66. The Hall–Kier alpha value is -1.48. The van der Waals surface area contributed by atoms with Gasteiger partial charge in [0.25, 0.3) is 0 Å². The number of hydrogen-bond acceptors (Lipinski definition) is 3. The average molecular weight is 245 g/mol. The number of hydrogen-bond donors (Lipinski definition) is 1. The third-order valence-electron chi connectivity index (χ3n) is 4.26. The van der Waals surface area contributed by atoms with Crippen LogP contribution in [-0.4, -0.2) is 29.6 Å². The van der Waals surface area contributed by atoms with E-state index < -0.39 is 0 Å². The van der Waals surface area contributed by atoms with E-state index in [-0.39, 0.29) is 5.75 Å². The van der Waals surface area contributed by atoms with Gasteiger partial charge in [-0.05, 0) is 45.3 Å². The Morgan fingerprint density at radius 3 is 3.00 bits per heavy atom. The molecule has 1 aromatic heterocycles. The average Bonchev–Trinajstić information content (AvgIpc) is 2.78. The van der Waals surface area contributed by atoms with E-state index in [9.17, 15) is 5.11 Å². The van der Waals surface area contributed by atoms with Crippen LogP contribution in [0.2, 0.25) is 0 Å². The highest BCUT2D eigenvalue weighted by atomic mass is 16.3. The predicted octanol–water partition coefficient (Wildman–Crippen LogP) is 3.34. The maximum atomic E-state index is 9.77. The highest BCUT2D eigenvalue weighted by Gasteiger charge is 2.26. The highest BCUT2D eigenvalue weighted by Crippen LogP contribution is 2.38.